The highest BCUT2D eigenvalue weighted by Crippen LogP contribution is 2.22. The van der Waals surface area contributed by atoms with Gasteiger partial charge in [0.05, 0.1) is 12.2 Å². The van der Waals surface area contributed by atoms with Crippen LogP contribution in [0.15, 0.2) is 17.5 Å². The smallest absolute Gasteiger partial charge is 0.220 e. The van der Waals surface area contributed by atoms with E-state index in [-0.39, 0.29) is 5.91 Å². The number of thiophene rings is 1. The third-order valence-corrected chi connectivity index (χ3v) is 4.46. The van der Waals surface area contributed by atoms with E-state index in [0.717, 1.165) is 25.0 Å². The molecule has 5 heteroatoms. The third-order valence-electron chi connectivity index (χ3n) is 3.52. The molecule has 19 heavy (non-hydrogen) atoms. The van der Waals surface area contributed by atoms with E-state index in [1.807, 2.05) is 11.4 Å². The van der Waals surface area contributed by atoms with Crippen LogP contribution in [0.5, 0.6) is 0 Å². The number of nitrogens with one attached hydrogen (secondary N) is 2. The van der Waals surface area contributed by atoms with Gasteiger partial charge in [-0.2, -0.15) is 5.10 Å². The van der Waals surface area contributed by atoms with Crippen LogP contribution in [0, 0.1) is 0 Å². The Balaban J connectivity index is 1.47. The molecule has 0 unspecified atom stereocenters. The second kappa shape index (κ2) is 5.57. The fourth-order valence-electron chi connectivity index (χ4n) is 2.50. The zero-order chi connectivity index (χ0) is 13.1. The van der Waals surface area contributed by atoms with Crippen molar-refractivity contribution in [1.82, 2.24) is 15.5 Å². The predicted molar refractivity (Wildman–Crippen MR) is 75.1 cm³/mol. The number of aromatic amines is 1. The maximum Gasteiger partial charge on any atom is 0.220 e. The molecule has 0 fully saturated rings. The highest BCUT2D eigenvalue weighted by Gasteiger charge is 2.18. The van der Waals surface area contributed by atoms with Crippen LogP contribution in [0.3, 0.4) is 0 Å². The first-order valence-corrected chi connectivity index (χ1v) is 7.55. The predicted octanol–water partition coefficient (Wildman–Crippen LogP) is 2.21. The van der Waals surface area contributed by atoms with Crippen molar-refractivity contribution in [2.24, 2.45) is 0 Å². The van der Waals surface area contributed by atoms with E-state index in [9.17, 15) is 4.79 Å². The lowest BCUT2D eigenvalue weighted by Crippen LogP contribution is -2.23. The Kier molecular flexibility index (Phi) is 3.64. The van der Waals surface area contributed by atoms with Crippen LogP contribution >= 0.6 is 11.3 Å². The second-order valence-electron chi connectivity index (χ2n) is 4.84. The lowest BCUT2D eigenvalue weighted by molar-refractivity contribution is -0.121. The number of fused-ring (bicyclic) bond motifs is 1. The molecule has 1 aliphatic rings. The first-order chi connectivity index (χ1) is 9.33. The van der Waals surface area contributed by atoms with E-state index >= 15 is 0 Å². The summed E-state index contributed by atoms with van der Waals surface area (Å²) >= 11 is 1.70. The lowest BCUT2D eigenvalue weighted by atomic mass is 10.2. The van der Waals surface area contributed by atoms with Crippen molar-refractivity contribution in [3.8, 4) is 0 Å². The van der Waals surface area contributed by atoms with E-state index in [0.29, 0.717) is 13.0 Å². The molecule has 0 aromatic carbocycles. The molecule has 0 aliphatic heterocycles. The number of aryl methyl sites for hydroxylation is 2. The first kappa shape index (κ1) is 12.4. The number of carbonyl (C=O) groups is 1. The van der Waals surface area contributed by atoms with Gasteiger partial charge in [0.1, 0.15) is 0 Å². The number of amides is 1. The zero-order valence-electron chi connectivity index (χ0n) is 10.7. The summed E-state index contributed by atoms with van der Waals surface area (Å²) in [4.78, 5) is 13.0. The SMILES string of the molecule is O=C(CCc1cccs1)NCc1n[nH]c2c1CCC2. The number of hydrogen-bond donors (Lipinski definition) is 2. The Hall–Kier alpha value is -1.62. The van der Waals surface area contributed by atoms with Crippen molar-refractivity contribution < 1.29 is 4.79 Å². The molecule has 0 atom stereocenters. The summed E-state index contributed by atoms with van der Waals surface area (Å²) in [5, 5.41) is 12.3. The normalized spacial score (nSPS) is 13.5. The maximum atomic E-state index is 11.8. The Morgan fingerprint density at radius 1 is 1.47 bits per heavy atom. The third kappa shape index (κ3) is 2.87. The van der Waals surface area contributed by atoms with Crippen LogP contribution in [0.4, 0.5) is 0 Å². The number of rotatable bonds is 5. The standard InChI is InChI=1S/C14H17N3OS/c18-14(7-6-10-3-2-8-19-10)15-9-13-11-4-1-5-12(11)16-17-13/h2-3,8H,1,4-7,9H2,(H,15,18)(H,16,17). The monoisotopic (exact) mass is 275 g/mol. The topological polar surface area (TPSA) is 57.8 Å². The number of H-pyrrole nitrogens is 1. The van der Waals surface area contributed by atoms with Gasteiger partial charge in [-0.15, -0.1) is 11.3 Å². The van der Waals surface area contributed by atoms with Gasteiger partial charge in [0.15, 0.2) is 0 Å². The molecular weight excluding hydrogens is 258 g/mol. The van der Waals surface area contributed by atoms with Gasteiger partial charge < -0.3 is 5.32 Å². The van der Waals surface area contributed by atoms with Gasteiger partial charge >= 0.3 is 0 Å². The van der Waals surface area contributed by atoms with E-state index < -0.39 is 0 Å². The highest BCUT2D eigenvalue weighted by molar-refractivity contribution is 7.09. The number of aromatic nitrogens is 2. The molecule has 1 aliphatic carbocycles. The summed E-state index contributed by atoms with van der Waals surface area (Å²) in [6, 6.07) is 4.09. The summed E-state index contributed by atoms with van der Waals surface area (Å²) in [6.45, 7) is 0.551. The van der Waals surface area contributed by atoms with Crippen molar-refractivity contribution in [1.29, 1.82) is 0 Å². The molecule has 0 saturated heterocycles. The van der Waals surface area contributed by atoms with Gasteiger partial charge in [-0.1, -0.05) is 6.07 Å². The van der Waals surface area contributed by atoms with Crippen LogP contribution in [-0.2, 0) is 30.6 Å². The molecular formula is C14H17N3OS. The molecule has 1 amide bonds. The highest BCUT2D eigenvalue weighted by atomic mass is 32.1. The van der Waals surface area contributed by atoms with Gasteiger partial charge in [-0.05, 0) is 42.7 Å². The molecule has 3 rings (SSSR count). The Morgan fingerprint density at radius 2 is 2.42 bits per heavy atom. The molecule has 0 radical (unpaired) electrons. The Bertz CT molecular complexity index is 559. The van der Waals surface area contributed by atoms with E-state index in [2.05, 4.69) is 21.6 Å². The van der Waals surface area contributed by atoms with Crippen molar-refractivity contribution in [3.63, 3.8) is 0 Å². The average Bonchev–Trinajstić information content (AvgIpc) is 3.11. The van der Waals surface area contributed by atoms with Crippen molar-refractivity contribution >= 4 is 17.2 Å². The largest absolute Gasteiger partial charge is 0.350 e. The molecule has 2 heterocycles. The summed E-state index contributed by atoms with van der Waals surface area (Å²) in [5.41, 5.74) is 3.58. The van der Waals surface area contributed by atoms with E-state index in [4.69, 9.17) is 0 Å². The minimum absolute atomic E-state index is 0.100. The van der Waals surface area contributed by atoms with Crippen LogP contribution in [0.1, 0.15) is 34.7 Å². The zero-order valence-corrected chi connectivity index (χ0v) is 11.6. The summed E-state index contributed by atoms with van der Waals surface area (Å²) in [6.07, 6.45) is 4.75. The fraction of sp³-hybridized carbons (Fsp3) is 0.429. The molecule has 2 aromatic rings. The summed E-state index contributed by atoms with van der Waals surface area (Å²) in [7, 11) is 0. The first-order valence-electron chi connectivity index (χ1n) is 6.67. The molecule has 2 aromatic heterocycles. The van der Waals surface area contributed by atoms with Crippen LogP contribution in [0.25, 0.3) is 0 Å². The van der Waals surface area contributed by atoms with Crippen LogP contribution in [-0.4, -0.2) is 16.1 Å². The quantitative estimate of drug-likeness (QED) is 0.879. The fourth-order valence-corrected chi connectivity index (χ4v) is 3.21. The van der Waals surface area contributed by atoms with Crippen molar-refractivity contribution in [3.05, 3.63) is 39.3 Å². The summed E-state index contributed by atoms with van der Waals surface area (Å²) in [5.74, 6) is 0.100. The average molecular weight is 275 g/mol. The summed E-state index contributed by atoms with van der Waals surface area (Å²) < 4.78 is 0. The second-order valence-corrected chi connectivity index (χ2v) is 5.87. The minimum Gasteiger partial charge on any atom is -0.350 e. The van der Waals surface area contributed by atoms with Gasteiger partial charge in [0.2, 0.25) is 5.91 Å². The Labute approximate surface area is 116 Å². The van der Waals surface area contributed by atoms with Crippen LogP contribution < -0.4 is 5.32 Å². The number of nitrogens with zero attached hydrogens (tertiary/aromatic N) is 1. The maximum absolute atomic E-state index is 11.8. The van der Waals surface area contributed by atoms with Crippen molar-refractivity contribution in [2.75, 3.05) is 0 Å². The molecule has 4 nitrogen and oxygen atoms in total. The molecule has 100 valence electrons. The van der Waals surface area contributed by atoms with E-state index in [1.165, 1.54) is 22.6 Å². The van der Waals surface area contributed by atoms with Crippen LogP contribution in [0.2, 0.25) is 0 Å². The molecule has 0 bridgehead atoms. The molecule has 0 spiro atoms. The van der Waals surface area contributed by atoms with Gasteiger partial charge in [-0.3, -0.25) is 9.89 Å². The van der Waals surface area contributed by atoms with E-state index in [1.54, 1.807) is 11.3 Å². The molecule has 2 N–H and O–H groups in total. The van der Waals surface area contributed by atoms with Gasteiger partial charge in [0.25, 0.3) is 0 Å². The van der Waals surface area contributed by atoms with Crippen molar-refractivity contribution in [2.45, 2.75) is 38.6 Å². The number of hydrogen-bond acceptors (Lipinski definition) is 3. The lowest BCUT2D eigenvalue weighted by Gasteiger charge is -2.03. The molecule has 0 saturated carbocycles. The number of carbonyl (C=O) groups excluding carboxylic acids is 1. The Morgan fingerprint density at radius 3 is 3.26 bits per heavy atom. The van der Waals surface area contributed by atoms with Gasteiger partial charge in [-0.25, -0.2) is 0 Å². The van der Waals surface area contributed by atoms with Gasteiger partial charge in [0, 0.05) is 17.0 Å². The minimum atomic E-state index is 0.100.